The Bertz CT molecular complexity index is 1770. The van der Waals surface area contributed by atoms with Crippen molar-refractivity contribution in [2.75, 3.05) is 25.4 Å². The number of aliphatic hydroxyl groups is 1. The lowest BCUT2D eigenvalue weighted by atomic mass is 10.0. The number of nitrogen functional groups attached to an aromatic ring is 1. The summed E-state index contributed by atoms with van der Waals surface area (Å²) in [5.74, 6) is -1.50. The second-order valence-corrected chi connectivity index (χ2v) is 13.8. The minimum absolute atomic E-state index is 0.0437. The van der Waals surface area contributed by atoms with Crippen LogP contribution < -0.4 is 16.4 Å². The maximum absolute atomic E-state index is 13.7. The average molecular weight is 664 g/mol. The number of carbonyl (C=O) groups is 2. The number of aromatic nitrogens is 1. The molecule has 0 saturated carbocycles. The Morgan fingerprint density at radius 3 is 2.38 bits per heavy atom. The van der Waals surface area contributed by atoms with Gasteiger partial charge in [0.2, 0.25) is 15.9 Å². The molecule has 0 aliphatic rings. The van der Waals surface area contributed by atoms with Gasteiger partial charge in [0.15, 0.2) is 0 Å². The van der Waals surface area contributed by atoms with E-state index in [9.17, 15) is 27.5 Å². The Labute approximate surface area is 275 Å². The number of hydrogen-bond acceptors (Lipinski definition) is 7. The number of hydrogen-bond donors (Lipinski definition) is 4. The van der Waals surface area contributed by atoms with E-state index in [4.69, 9.17) is 5.73 Å². The second kappa shape index (κ2) is 16.4. The number of nitrogens with zero attached hydrogens (tertiary/aromatic N) is 2. The highest BCUT2D eigenvalue weighted by Gasteiger charge is 2.32. The number of unbranched alkanes of at least 4 members (excludes halogenated alkanes) is 1. The first-order valence-corrected chi connectivity index (χ1v) is 17.1. The van der Waals surface area contributed by atoms with Crippen molar-refractivity contribution < 1.29 is 27.5 Å². The van der Waals surface area contributed by atoms with Crippen LogP contribution in [0.4, 0.5) is 10.1 Å². The van der Waals surface area contributed by atoms with Gasteiger partial charge in [-0.2, -0.15) is 4.31 Å². The minimum Gasteiger partial charge on any atom is -0.396 e. The molecular weight excluding hydrogens is 621 g/mol. The lowest BCUT2D eigenvalue weighted by molar-refractivity contribution is -0.122. The summed E-state index contributed by atoms with van der Waals surface area (Å²) in [6.07, 6.45) is 4.62. The molecule has 3 aromatic carbocycles. The maximum atomic E-state index is 13.7. The number of amides is 2. The number of benzene rings is 3. The van der Waals surface area contributed by atoms with E-state index in [0.29, 0.717) is 24.8 Å². The molecule has 12 heteroatoms. The van der Waals surface area contributed by atoms with E-state index in [2.05, 4.69) is 15.6 Å². The van der Waals surface area contributed by atoms with Gasteiger partial charge < -0.3 is 21.5 Å². The fourth-order valence-electron chi connectivity index (χ4n) is 5.34. The number of rotatable bonds is 16. The van der Waals surface area contributed by atoms with Crippen molar-refractivity contribution >= 4 is 38.3 Å². The fraction of sp³-hybridized carbons (Fsp3) is 0.343. The summed E-state index contributed by atoms with van der Waals surface area (Å²) in [7, 11) is -4.08. The van der Waals surface area contributed by atoms with Gasteiger partial charge in [-0.05, 0) is 65.4 Å². The molecule has 4 aromatic rings. The SMILES string of the molecule is CC(C)CN(C(CO)CCCCNC(=O)C(Cc1ccc2ccccc2c1)NC(=O)c1ccncc1)S(=O)(=O)c1ccc(F)c(N)c1. The molecule has 0 bridgehead atoms. The van der Waals surface area contributed by atoms with Gasteiger partial charge in [0.1, 0.15) is 11.9 Å². The molecule has 0 aliphatic carbocycles. The summed E-state index contributed by atoms with van der Waals surface area (Å²) in [5.41, 5.74) is 6.64. The third-order valence-electron chi connectivity index (χ3n) is 7.82. The van der Waals surface area contributed by atoms with Gasteiger partial charge in [-0.1, -0.05) is 62.7 Å². The third kappa shape index (κ3) is 9.57. The molecular formula is C35H42FN5O5S. The number of halogens is 1. The molecule has 4 rings (SSSR count). The second-order valence-electron chi connectivity index (χ2n) is 11.9. The number of anilines is 1. The lowest BCUT2D eigenvalue weighted by Crippen LogP contribution is -2.48. The summed E-state index contributed by atoms with van der Waals surface area (Å²) in [4.78, 5) is 30.2. The van der Waals surface area contributed by atoms with E-state index in [1.165, 1.54) is 22.8 Å². The molecule has 250 valence electrons. The molecule has 5 N–H and O–H groups in total. The lowest BCUT2D eigenvalue weighted by Gasteiger charge is -2.31. The van der Waals surface area contributed by atoms with Crippen LogP contribution in [0.3, 0.4) is 0 Å². The molecule has 0 aliphatic heterocycles. The van der Waals surface area contributed by atoms with Crippen LogP contribution in [0.15, 0.2) is 90.1 Å². The summed E-state index contributed by atoms with van der Waals surface area (Å²) in [5, 5.41) is 18.1. The van der Waals surface area contributed by atoms with Gasteiger partial charge in [0.25, 0.3) is 5.91 Å². The van der Waals surface area contributed by atoms with Crippen molar-refractivity contribution in [3.8, 4) is 0 Å². The van der Waals surface area contributed by atoms with Crippen LogP contribution in [0.1, 0.15) is 49.0 Å². The molecule has 2 unspecified atom stereocenters. The molecule has 10 nitrogen and oxygen atoms in total. The van der Waals surface area contributed by atoms with Gasteiger partial charge in [0.05, 0.1) is 17.2 Å². The number of nitrogens with two attached hydrogens (primary N) is 1. The third-order valence-corrected chi connectivity index (χ3v) is 9.73. The Kier molecular flexibility index (Phi) is 12.4. The van der Waals surface area contributed by atoms with Gasteiger partial charge >= 0.3 is 0 Å². The zero-order valence-corrected chi connectivity index (χ0v) is 27.4. The molecule has 0 fully saturated rings. The van der Waals surface area contributed by atoms with E-state index >= 15 is 0 Å². The van der Waals surface area contributed by atoms with Crippen LogP contribution in [0.25, 0.3) is 10.8 Å². The van der Waals surface area contributed by atoms with Crippen LogP contribution in [-0.4, -0.2) is 66.4 Å². The maximum Gasteiger partial charge on any atom is 0.252 e. The molecule has 0 radical (unpaired) electrons. The van der Waals surface area contributed by atoms with E-state index < -0.39 is 40.4 Å². The van der Waals surface area contributed by atoms with Gasteiger partial charge in [-0.25, -0.2) is 12.8 Å². The Morgan fingerprint density at radius 1 is 0.979 bits per heavy atom. The number of fused-ring (bicyclic) bond motifs is 1. The molecule has 47 heavy (non-hydrogen) atoms. The van der Waals surface area contributed by atoms with Crippen LogP contribution in [0, 0.1) is 11.7 Å². The number of pyridine rings is 1. The quantitative estimate of drug-likeness (QED) is 0.103. The van der Waals surface area contributed by atoms with Gasteiger partial charge in [0, 0.05) is 43.5 Å². The molecule has 1 aromatic heterocycles. The molecule has 0 spiro atoms. The fourth-order valence-corrected chi connectivity index (χ4v) is 7.19. The first-order valence-electron chi connectivity index (χ1n) is 15.6. The predicted molar refractivity (Wildman–Crippen MR) is 180 cm³/mol. The highest BCUT2D eigenvalue weighted by Crippen LogP contribution is 2.25. The Morgan fingerprint density at radius 2 is 1.70 bits per heavy atom. The molecule has 2 amide bonds. The minimum atomic E-state index is -4.08. The van der Waals surface area contributed by atoms with Crippen LogP contribution in [0.2, 0.25) is 0 Å². The van der Waals surface area contributed by atoms with Crippen LogP contribution >= 0.6 is 0 Å². The van der Waals surface area contributed by atoms with Crippen LogP contribution in [0.5, 0.6) is 0 Å². The number of aliphatic hydroxyl groups excluding tert-OH is 1. The van der Waals surface area contributed by atoms with Crippen molar-refractivity contribution in [2.45, 2.75) is 56.5 Å². The van der Waals surface area contributed by atoms with Crippen LogP contribution in [-0.2, 0) is 21.2 Å². The van der Waals surface area contributed by atoms with Crippen molar-refractivity contribution in [3.63, 3.8) is 0 Å². The number of sulfonamides is 1. The molecule has 1 heterocycles. The first-order chi connectivity index (χ1) is 22.5. The average Bonchev–Trinajstić information content (AvgIpc) is 3.06. The highest BCUT2D eigenvalue weighted by atomic mass is 32.2. The summed E-state index contributed by atoms with van der Waals surface area (Å²) >= 11 is 0. The zero-order valence-electron chi connectivity index (χ0n) is 26.6. The Hall–Kier alpha value is -4.39. The molecule has 2 atom stereocenters. The number of nitrogens with one attached hydrogen (secondary N) is 2. The first kappa shape index (κ1) is 35.5. The van der Waals surface area contributed by atoms with Crippen molar-refractivity contribution in [3.05, 3.63) is 102 Å². The van der Waals surface area contributed by atoms with Crippen molar-refractivity contribution in [1.29, 1.82) is 0 Å². The summed E-state index contributed by atoms with van der Waals surface area (Å²) < 4.78 is 42.1. The van der Waals surface area contributed by atoms with Gasteiger partial charge in [-0.3, -0.25) is 14.6 Å². The highest BCUT2D eigenvalue weighted by molar-refractivity contribution is 7.89. The predicted octanol–water partition coefficient (Wildman–Crippen LogP) is 4.29. The Balaban J connectivity index is 1.40. The monoisotopic (exact) mass is 663 g/mol. The smallest absolute Gasteiger partial charge is 0.252 e. The normalized spacial score (nSPS) is 13.1. The van der Waals surface area contributed by atoms with E-state index in [1.807, 2.05) is 56.3 Å². The standard InChI is InChI=1S/C35H42FN5O5S/c1-24(2)22-41(47(45,46)30-12-13-31(36)32(37)21-30)29(23-42)9-5-6-16-39-35(44)33(40-34(43)27-14-17-38-18-15-27)20-25-10-11-26-7-3-4-8-28(26)19-25/h3-4,7-8,10-15,17-19,21,24,29,33,42H,5-6,9,16,20,22-23,37H2,1-2H3,(H,39,44)(H,40,43). The topological polar surface area (TPSA) is 155 Å². The summed E-state index contributed by atoms with van der Waals surface area (Å²) in [6, 6.07) is 18.7. The van der Waals surface area contributed by atoms with Crippen molar-refractivity contribution in [1.82, 2.24) is 19.9 Å². The van der Waals surface area contributed by atoms with Crippen molar-refractivity contribution in [2.24, 2.45) is 5.92 Å². The summed E-state index contributed by atoms with van der Waals surface area (Å²) in [6.45, 7) is 3.75. The van der Waals surface area contributed by atoms with E-state index in [1.54, 1.807) is 12.1 Å². The van der Waals surface area contributed by atoms with E-state index in [-0.39, 0.29) is 41.9 Å². The van der Waals surface area contributed by atoms with E-state index in [0.717, 1.165) is 28.5 Å². The largest absolute Gasteiger partial charge is 0.396 e. The zero-order chi connectivity index (χ0) is 34.0. The van der Waals surface area contributed by atoms with Gasteiger partial charge in [-0.15, -0.1) is 0 Å². The molecule has 0 saturated heterocycles. The number of carbonyl (C=O) groups excluding carboxylic acids is 2.